The maximum absolute atomic E-state index is 11.8. The van der Waals surface area contributed by atoms with Crippen molar-refractivity contribution in [1.82, 2.24) is 0 Å². The number of hydrogen-bond acceptors (Lipinski definition) is 4. The van der Waals surface area contributed by atoms with Gasteiger partial charge in [0.1, 0.15) is 0 Å². The van der Waals surface area contributed by atoms with Crippen LogP contribution < -0.4 is 0 Å². The molecule has 1 rings (SSSR count). The first kappa shape index (κ1) is 31.0. The number of rotatable bonds is 24. The van der Waals surface area contributed by atoms with Crippen molar-refractivity contribution < 1.29 is 19.1 Å². The molecule has 0 radical (unpaired) electrons. The fourth-order valence-electron chi connectivity index (χ4n) is 4.91. The molecule has 0 saturated heterocycles. The van der Waals surface area contributed by atoms with E-state index in [4.69, 9.17) is 9.47 Å². The van der Waals surface area contributed by atoms with E-state index in [1.807, 2.05) is 0 Å². The van der Waals surface area contributed by atoms with E-state index in [1.165, 1.54) is 116 Å². The van der Waals surface area contributed by atoms with Crippen molar-refractivity contribution in [3.8, 4) is 0 Å². The van der Waals surface area contributed by atoms with Crippen molar-refractivity contribution in [2.24, 2.45) is 5.92 Å². The summed E-state index contributed by atoms with van der Waals surface area (Å²) in [7, 11) is 0. The maximum atomic E-state index is 11.8. The summed E-state index contributed by atoms with van der Waals surface area (Å²) >= 11 is 0. The van der Waals surface area contributed by atoms with E-state index in [-0.39, 0.29) is 11.9 Å². The molecule has 0 heterocycles. The van der Waals surface area contributed by atoms with Gasteiger partial charge in [-0.15, -0.1) is 0 Å². The molecule has 1 aliphatic rings. The van der Waals surface area contributed by atoms with E-state index in [0.717, 1.165) is 12.8 Å². The van der Waals surface area contributed by atoms with Crippen molar-refractivity contribution in [3.63, 3.8) is 0 Å². The molecule has 4 heteroatoms. The van der Waals surface area contributed by atoms with Gasteiger partial charge < -0.3 is 9.47 Å². The van der Waals surface area contributed by atoms with Crippen molar-refractivity contribution in [3.05, 3.63) is 0 Å². The summed E-state index contributed by atoms with van der Waals surface area (Å²) in [6, 6.07) is 0. The smallest absolute Gasteiger partial charge is 0.305 e. The lowest BCUT2D eigenvalue weighted by Crippen LogP contribution is -2.12. The minimum Gasteiger partial charge on any atom is -0.466 e. The van der Waals surface area contributed by atoms with Crippen LogP contribution in [0.25, 0.3) is 0 Å². The summed E-state index contributed by atoms with van der Waals surface area (Å²) in [5, 5.41) is 0. The third kappa shape index (κ3) is 20.3. The van der Waals surface area contributed by atoms with Gasteiger partial charge in [-0.3, -0.25) is 9.59 Å². The van der Waals surface area contributed by atoms with Gasteiger partial charge in [0.15, 0.2) is 0 Å². The Labute approximate surface area is 211 Å². The molecule has 1 saturated carbocycles. The normalized spacial score (nSPS) is 13.9. The minimum absolute atomic E-state index is 0.117. The molecule has 0 aliphatic heterocycles. The summed E-state index contributed by atoms with van der Waals surface area (Å²) in [4.78, 5) is 23.6. The lowest BCUT2D eigenvalue weighted by molar-refractivity contribution is -0.146. The molecular weight excluding hydrogens is 424 g/mol. The zero-order valence-corrected chi connectivity index (χ0v) is 22.6. The number of carbonyl (C=O) groups excluding carboxylic acids is 2. The summed E-state index contributed by atoms with van der Waals surface area (Å²) in [5.41, 5.74) is 0. The molecule has 0 aromatic heterocycles. The predicted octanol–water partition coefficient (Wildman–Crippen LogP) is 9.08. The Kier molecular flexibility index (Phi) is 21.6. The molecule has 0 aromatic carbocycles. The Morgan fingerprint density at radius 1 is 0.559 bits per heavy atom. The van der Waals surface area contributed by atoms with Crippen LogP contribution in [0.4, 0.5) is 0 Å². The Bertz CT molecular complexity index is 470. The third-order valence-corrected chi connectivity index (χ3v) is 7.23. The van der Waals surface area contributed by atoms with Crippen LogP contribution in [-0.4, -0.2) is 25.2 Å². The van der Waals surface area contributed by atoms with E-state index in [1.54, 1.807) is 0 Å². The highest BCUT2D eigenvalue weighted by Crippen LogP contribution is 2.24. The van der Waals surface area contributed by atoms with Crippen LogP contribution in [0.5, 0.6) is 0 Å². The average molecular weight is 481 g/mol. The van der Waals surface area contributed by atoms with Crippen molar-refractivity contribution in [2.45, 2.75) is 161 Å². The zero-order chi connectivity index (χ0) is 24.5. The topological polar surface area (TPSA) is 52.6 Å². The van der Waals surface area contributed by atoms with Crippen LogP contribution >= 0.6 is 0 Å². The van der Waals surface area contributed by atoms with Crippen molar-refractivity contribution >= 4 is 11.9 Å². The van der Waals surface area contributed by atoms with E-state index < -0.39 is 0 Å². The molecule has 0 amide bonds. The molecule has 34 heavy (non-hydrogen) atoms. The Morgan fingerprint density at radius 2 is 0.971 bits per heavy atom. The van der Waals surface area contributed by atoms with Crippen LogP contribution in [0.15, 0.2) is 0 Å². The number of unbranched alkanes of at least 4 members (excludes halogenated alkanes) is 16. The lowest BCUT2D eigenvalue weighted by Gasteiger charge is -2.09. The molecule has 0 atom stereocenters. The first-order chi connectivity index (χ1) is 16.7. The fourth-order valence-corrected chi connectivity index (χ4v) is 4.91. The first-order valence-corrected chi connectivity index (χ1v) is 15.0. The molecule has 0 aromatic rings. The number of hydrogen-bond donors (Lipinski definition) is 0. The Balaban J connectivity index is 1.73. The van der Waals surface area contributed by atoms with E-state index >= 15 is 0 Å². The first-order valence-electron chi connectivity index (χ1n) is 15.0. The van der Waals surface area contributed by atoms with Crippen LogP contribution in [0.2, 0.25) is 0 Å². The molecule has 1 fully saturated rings. The van der Waals surface area contributed by atoms with Gasteiger partial charge >= 0.3 is 11.9 Å². The van der Waals surface area contributed by atoms with E-state index in [0.29, 0.717) is 44.8 Å². The third-order valence-electron chi connectivity index (χ3n) is 7.23. The largest absolute Gasteiger partial charge is 0.466 e. The highest BCUT2D eigenvalue weighted by molar-refractivity contribution is 5.70. The highest BCUT2D eigenvalue weighted by Gasteiger charge is 2.16. The summed E-state index contributed by atoms with van der Waals surface area (Å²) in [5.74, 6) is 0.331. The van der Waals surface area contributed by atoms with Gasteiger partial charge in [-0.05, 0) is 38.0 Å². The van der Waals surface area contributed by atoms with Gasteiger partial charge in [-0.25, -0.2) is 0 Å². The van der Waals surface area contributed by atoms with Crippen LogP contribution in [-0.2, 0) is 19.1 Å². The number of carbonyl (C=O) groups is 2. The lowest BCUT2D eigenvalue weighted by atomic mass is 10.0. The highest BCUT2D eigenvalue weighted by atomic mass is 16.5. The van der Waals surface area contributed by atoms with Gasteiger partial charge in [0.25, 0.3) is 0 Å². The van der Waals surface area contributed by atoms with Crippen LogP contribution in [0.1, 0.15) is 161 Å². The Morgan fingerprint density at radius 3 is 1.44 bits per heavy atom. The van der Waals surface area contributed by atoms with E-state index in [2.05, 4.69) is 6.92 Å². The SMILES string of the molecule is CCCCCCCCCCCCCCCCCCOC(=O)CCCCC(=O)OCC1CCCC1. The predicted molar refractivity (Wildman–Crippen MR) is 142 cm³/mol. The minimum atomic E-state index is -0.125. The monoisotopic (exact) mass is 480 g/mol. The molecule has 0 N–H and O–H groups in total. The number of esters is 2. The van der Waals surface area contributed by atoms with Gasteiger partial charge in [0, 0.05) is 12.8 Å². The molecular formula is C30H56O4. The molecule has 0 spiro atoms. The quantitative estimate of drug-likeness (QED) is 0.102. The second kappa shape index (κ2) is 23.7. The Hall–Kier alpha value is -1.06. The van der Waals surface area contributed by atoms with Crippen LogP contribution in [0, 0.1) is 5.92 Å². The standard InChI is InChI=1S/C30H56O4/c1-2-3-4-5-6-7-8-9-10-11-12-13-14-15-16-21-26-33-29(31)24-19-20-25-30(32)34-27-28-22-17-18-23-28/h28H,2-27H2,1H3. The van der Waals surface area contributed by atoms with E-state index in [9.17, 15) is 9.59 Å². The van der Waals surface area contributed by atoms with Crippen molar-refractivity contribution in [2.75, 3.05) is 13.2 Å². The molecule has 0 bridgehead atoms. The summed E-state index contributed by atoms with van der Waals surface area (Å²) < 4.78 is 10.7. The van der Waals surface area contributed by atoms with Crippen molar-refractivity contribution in [1.29, 1.82) is 0 Å². The van der Waals surface area contributed by atoms with Crippen LogP contribution in [0.3, 0.4) is 0 Å². The molecule has 0 unspecified atom stereocenters. The van der Waals surface area contributed by atoms with Gasteiger partial charge in [0.2, 0.25) is 0 Å². The summed E-state index contributed by atoms with van der Waals surface area (Å²) in [6.45, 7) is 3.41. The van der Waals surface area contributed by atoms with Gasteiger partial charge in [-0.1, -0.05) is 116 Å². The zero-order valence-electron chi connectivity index (χ0n) is 22.6. The fraction of sp³-hybridized carbons (Fsp3) is 0.933. The average Bonchev–Trinajstić information content (AvgIpc) is 3.36. The van der Waals surface area contributed by atoms with Gasteiger partial charge in [-0.2, -0.15) is 0 Å². The second-order valence-electron chi connectivity index (χ2n) is 10.6. The summed E-state index contributed by atoms with van der Waals surface area (Å²) in [6.07, 6.45) is 28.7. The maximum Gasteiger partial charge on any atom is 0.305 e. The number of ether oxygens (including phenoxy) is 2. The molecule has 200 valence electrons. The second-order valence-corrected chi connectivity index (χ2v) is 10.6. The van der Waals surface area contributed by atoms with Gasteiger partial charge in [0.05, 0.1) is 13.2 Å². The molecule has 4 nitrogen and oxygen atoms in total. The molecule has 1 aliphatic carbocycles.